The lowest BCUT2D eigenvalue weighted by atomic mass is 10.1. The van der Waals surface area contributed by atoms with E-state index in [0.29, 0.717) is 40.3 Å². The molecule has 0 saturated heterocycles. The predicted octanol–water partition coefficient (Wildman–Crippen LogP) is 4.97. The van der Waals surface area contributed by atoms with E-state index in [1.54, 1.807) is 36.9 Å². The predicted molar refractivity (Wildman–Crippen MR) is 133 cm³/mol. The zero-order chi connectivity index (χ0) is 24.8. The molecule has 8 nitrogen and oxygen atoms in total. The first-order chi connectivity index (χ1) is 17.5. The Bertz CT molecular complexity index is 1720. The molecule has 0 aliphatic rings. The van der Waals surface area contributed by atoms with E-state index in [4.69, 9.17) is 0 Å². The Morgan fingerprint density at radius 3 is 2.56 bits per heavy atom. The summed E-state index contributed by atoms with van der Waals surface area (Å²) in [7, 11) is 3.91. The number of halogens is 2. The van der Waals surface area contributed by atoms with Gasteiger partial charge >= 0.3 is 0 Å². The van der Waals surface area contributed by atoms with Gasteiger partial charge in [0.05, 0.1) is 22.6 Å². The Morgan fingerprint density at radius 2 is 1.75 bits per heavy atom. The van der Waals surface area contributed by atoms with Crippen LogP contribution in [0.15, 0.2) is 61.2 Å². The van der Waals surface area contributed by atoms with Crippen LogP contribution in [0.2, 0.25) is 0 Å². The molecule has 0 atom stereocenters. The number of hydrogen-bond acceptors (Lipinski definition) is 6. The number of H-pyrrole nitrogens is 2. The molecule has 0 saturated carbocycles. The number of hydrogen-bond donors (Lipinski definition) is 2. The lowest BCUT2D eigenvalue weighted by molar-refractivity contribution is 0.402. The number of benzene rings is 1. The van der Waals surface area contributed by atoms with Crippen molar-refractivity contribution in [3.63, 3.8) is 0 Å². The highest BCUT2D eigenvalue weighted by Gasteiger charge is 2.21. The fourth-order valence-electron chi connectivity index (χ4n) is 4.31. The summed E-state index contributed by atoms with van der Waals surface area (Å²) in [5.41, 5.74) is 5.14. The summed E-state index contributed by atoms with van der Waals surface area (Å²) in [4.78, 5) is 22.8. The van der Waals surface area contributed by atoms with Gasteiger partial charge in [-0.05, 0) is 49.5 Å². The number of imidazole rings is 1. The zero-order valence-electron chi connectivity index (χ0n) is 19.4. The Morgan fingerprint density at radius 1 is 0.917 bits per heavy atom. The molecule has 0 amide bonds. The fraction of sp³-hybridized carbons (Fsp3) is 0.115. The number of fused-ring (bicyclic) bond motifs is 2. The van der Waals surface area contributed by atoms with Crippen molar-refractivity contribution in [2.24, 2.45) is 0 Å². The minimum atomic E-state index is -0.521. The summed E-state index contributed by atoms with van der Waals surface area (Å²) < 4.78 is 29.3. The average Bonchev–Trinajstić information content (AvgIpc) is 3.49. The summed E-state index contributed by atoms with van der Waals surface area (Å²) in [6, 6.07) is 9.86. The first-order valence-corrected chi connectivity index (χ1v) is 11.2. The maximum Gasteiger partial charge on any atom is 0.178 e. The summed E-state index contributed by atoms with van der Waals surface area (Å²) in [5, 5.41) is 7.44. The van der Waals surface area contributed by atoms with Crippen LogP contribution in [0.1, 0.15) is 5.56 Å². The molecule has 0 spiro atoms. The van der Waals surface area contributed by atoms with Crippen LogP contribution in [-0.2, 0) is 6.54 Å². The molecule has 36 heavy (non-hydrogen) atoms. The van der Waals surface area contributed by atoms with E-state index in [1.165, 1.54) is 12.1 Å². The third-order valence-corrected chi connectivity index (χ3v) is 5.88. The lowest BCUT2D eigenvalue weighted by Crippen LogP contribution is -2.10. The molecule has 6 rings (SSSR count). The molecular weight excluding hydrogens is 462 g/mol. The van der Waals surface area contributed by atoms with Crippen molar-refractivity contribution in [1.29, 1.82) is 0 Å². The largest absolute Gasteiger partial charge is 0.335 e. The van der Waals surface area contributed by atoms with Crippen molar-refractivity contribution < 1.29 is 8.78 Å². The summed E-state index contributed by atoms with van der Waals surface area (Å²) in [6.07, 6.45) is 6.53. The van der Waals surface area contributed by atoms with Crippen LogP contribution in [0.25, 0.3) is 56.0 Å². The monoisotopic (exact) mass is 482 g/mol. The van der Waals surface area contributed by atoms with Gasteiger partial charge in [-0.25, -0.2) is 18.7 Å². The van der Waals surface area contributed by atoms with Crippen molar-refractivity contribution in [1.82, 2.24) is 40.0 Å². The Balaban J connectivity index is 1.48. The van der Waals surface area contributed by atoms with E-state index in [-0.39, 0.29) is 16.9 Å². The third-order valence-electron chi connectivity index (χ3n) is 5.88. The van der Waals surface area contributed by atoms with E-state index >= 15 is 4.39 Å². The van der Waals surface area contributed by atoms with Gasteiger partial charge in [0, 0.05) is 36.3 Å². The van der Waals surface area contributed by atoms with Gasteiger partial charge in [-0.1, -0.05) is 12.1 Å². The maximum absolute atomic E-state index is 15.9. The lowest BCUT2D eigenvalue weighted by Gasteiger charge is -2.10. The van der Waals surface area contributed by atoms with Gasteiger partial charge in [-0.3, -0.25) is 15.1 Å². The molecule has 5 aromatic heterocycles. The molecule has 178 valence electrons. The van der Waals surface area contributed by atoms with Crippen molar-refractivity contribution in [2.45, 2.75) is 6.54 Å². The molecule has 5 heterocycles. The third kappa shape index (κ3) is 3.77. The Kier molecular flexibility index (Phi) is 5.23. The topological polar surface area (TPSA) is 99.3 Å². The molecule has 0 aliphatic carbocycles. The maximum atomic E-state index is 15.9. The molecule has 0 aliphatic heterocycles. The van der Waals surface area contributed by atoms with E-state index in [1.807, 2.05) is 31.1 Å². The second-order valence-electron chi connectivity index (χ2n) is 8.75. The van der Waals surface area contributed by atoms with Crippen LogP contribution >= 0.6 is 0 Å². The molecule has 0 radical (unpaired) electrons. The van der Waals surface area contributed by atoms with Crippen LogP contribution in [-0.4, -0.2) is 54.1 Å². The zero-order valence-corrected chi connectivity index (χ0v) is 19.4. The fourth-order valence-corrected chi connectivity index (χ4v) is 4.31. The molecule has 6 aromatic rings. The van der Waals surface area contributed by atoms with Gasteiger partial charge in [0.2, 0.25) is 0 Å². The summed E-state index contributed by atoms with van der Waals surface area (Å²) in [6.45, 7) is 0.671. The highest BCUT2D eigenvalue weighted by molar-refractivity contribution is 5.97. The van der Waals surface area contributed by atoms with Gasteiger partial charge in [0.1, 0.15) is 17.2 Å². The standard InChI is InChI=1S/C26H20F2N8/c1-36(2)13-14-9-16(11-29-10-14)22-21(28)20-19(12-31-22)34-35-24(20)26-32-23-18(7-8-30-25(23)33-26)15-3-5-17(27)6-4-15/h3-12H,13H2,1-2H3,(H,34,35)(H,30,32,33). The molecule has 2 N–H and O–H groups in total. The quantitative estimate of drug-likeness (QED) is 0.360. The van der Waals surface area contributed by atoms with E-state index in [2.05, 4.69) is 35.1 Å². The smallest absolute Gasteiger partial charge is 0.178 e. The van der Waals surface area contributed by atoms with E-state index in [0.717, 1.165) is 16.7 Å². The number of pyridine rings is 3. The van der Waals surface area contributed by atoms with Crippen molar-refractivity contribution in [2.75, 3.05) is 14.1 Å². The van der Waals surface area contributed by atoms with Crippen molar-refractivity contribution >= 4 is 22.1 Å². The van der Waals surface area contributed by atoms with Gasteiger partial charge in [-0.2, -0.15) is 5.10 Å². The molecule has 1 aromatic carbocycles. The van der Waals surface area contributed by atoms with Gasteiger partial charge in [-0.15, -0.1) is 0 Å². The SMILES string of the molecule is CN(C)Cc1cncc(-c2ncc3[nH]nc(-c4nc5nccc(-c6ccc(F)cc6)c5[nH]4)c3c2F)c1. The van der Waals surface area contributed by atoms with Crippen LogP contribution in [0.5, 0.6) is 0 Å². The molecule has 10 heteroatoms. The van der Waals surface area contributed by atoms with Crippen molar-refractivity contribution in [3.05, 3.63) is 78.4 Å². The minimum absolute atomic E-state index is 0.180. The van der Waals surface area contributed by atoms with Gasteiger partial charge in [0.15, 0.2) is 17.3 Å². The Hall–Kier alpha value is -4.57. The first kappa shape index (κ1) is 21.9. The summed E-state index contributed by atoms with van der Waals surface area (Å²) >= 11 is 0. The van der Waals surface area contributed by atoms with Gasteiger partial charge < -0.3 is 9.88 Å². The number of aromatic amines is 2. The van der Waals surface area contributed by atoms with Gasteiger partial charge in [0.25, 0.3) is 0 Å². The second-order valence-corrected chi connectivity index (χ2v) is 8.75. The van der Waals surface area contributed by atoms with Crippen LogP contribution < -0.4 is 0 Å². The Labute approximate surface area is 204 Å². The number of rotatable bonds is 5. The summed E-state index contributed by atoms with van der Waals surface area (Å²) in [5.74, 6) is -0.485. The molecule has 0 unspecified atom stereocenters. The molecule has 0 bridgehead atoms. The number of nitrogens with one attached hydrogen (secondary N) is 2. The van der Waals surface area contributed by atoms with Crippen LogP contribution in [0.4, 0.5) is 8.78 Å². The highest BCUT2D eigenvalue weighted by Crippen LogP contribution is 2.34. The van der Waals surface area contributed by atoms with E-state index < -0.39 is 5.82 Å². The number of nitrogens with zero attached hydrogens (tertiary/aromatic N) is 6. The average molecular weight is 482 g/mol. The molecule has 0 fully saturated rings. The van der Waals surface area contributed by atoms with Crippen LogP contribution in [0, 0.1) is 11.6 Å². The number of aromatic nitrogens is 7. The second kappa shape index (κ2) is 8.58. The first-order valence-electron chi connectivity index (χ1n) is 11.2. The normalized spacial score (nSPS) is 11.7. The van der Waals surface area contributed by atoms with E-state index in [9.17, 15) is 4.39 Å². The van der Waals surface area contributed by atoms with Crippen molar-refractivity contribution in [3.8, 4) is 33.9 Å². The highest BCUT2D eigenvalue weighted by atomic mass is 19.1. The van der Waals surface area contributed by atoms with Crippen LogP contribution in [0.3, 0.4) is 0 Å². The molecular formula is C26H20F2N8. The minimum Gasteiger partial charge on any atom is -0.335 e.